The lowest BCUT2D eigenvalue weighted by Gasteiger charge is -1.97. The van der Waals surface area contributed by atoms with Crippen LogP contribution in [0.3, 0.4) is 0 Å². The van der Waals surface area contributed by atoms with Gasteiger partial charge in [-0.05, 0) is 25.8 Å². The van der Waals surface area contributed by atoms with Gasteiger partial charge in [0, 0.05) is 5.70 Å². The van der Waals surface area contributed by atoms with Crippen LogP contribution in [0, 0.1) is 0 Å². The molecule has 0 saturated heterocycles. The fourth-order valence-corrected chi connectivity index (χ4v) is 1.02. The highest BCUT2D eigenvalue weighted by molar-refractivity contribution is 5.36. The van der Waals surface area contributed by atoms with Crippen molar-refractivity contribution in [1.29, 1.82) is 0 Å². The van der Waals surface area contributed by atoms with E-state index in [0.29, 0.717) is 0 Å². The van der Waals surface area contributed by atoms with Crippen LogP contribution >= 0.6 is 0 Å². The van der Waals surface area contributed by atoms with Gasteiger partial charge < -0.3 is 5.73 Å². The van der Waals surface area contributed by atoms with E-state index in [-0.39, 0.29) is 0 Å². The van der Waals surface area contributed by atoms with Gasteiger partial charge in [0.25, 0.3) is 0 Å². The molecule has 0 heterocycles. The molecule has 0 atom stereocenters. The van der Waals surface area contributed by atoms with Crippen molar-refractivity contribution in [2.24, 2.45) is 5.73 Å². The van der Waals surface area contributed by atoms with E-state index in [0.717, 1.165) is 12.1 Å². The van der Waals surface area contributed by atoms with Gasteiger partial charge in [0.2, 0.25) is 0 Å². The average Bonchev–Trinajstić information content (AvgIpc) is 1.96. The first-order valence-corrected chi connectivity index (χ1v) is 3.51. The van der Waals surface area contributed by atoms with E-state index in [1.54, 1.807) is 0 Å². The third-order valence-corrected chi connectivity index (χ3v) is 1.68. The predicted molar refractivity (Wildman–Crippen MR) is 44.4 cm³/mol. The molecule has 1 aliphatic carbocycles. The van der Waals surface area contributed by atoms with Crippen LogP contribution in [0.15, 0.2) is 35.1 Å². The highest BCUT2D eigenvalue weighted by Crippen LogP contribution is 2.12. The van der Waals surface area contributed by atoms with Crippen LogP contribution < -0.4 is 5.73 Å². The first-order valence-electron chi connectivity index (χ1n) is 3.51. The van der Waals surface area contributed by atoms with E-state index in [1.165, 1.54) is 11.1 Å². The van der Waals surface area contributed by atoms with Gasteiger partial charge in [-0.15, -0.1) is 0 Å². The van der Waals surface area contributed by atoms with Crippen LogP contribution in [0.2, 0.25) is 0 Å². The zero-order valence-corrected chi connectivity index (χ0v) is 6.52. The Balaban J connectivity index is 2.92. The van der Waals surface area contributed by atoms with Crippen molar-refractivity contribution in [3.8, 4) is 0 Å². The van der Waals surface area contributed by atoms with Gasteiger partial charge in [-0.25, -0.2) is 0 Å². The number of allylic oxidation sites excluding steroid dienone is 5. The van der Waals surface area contributed by atoms with E-state index in [1.807, 2.05) is 13.0 Å². The topological polar surface area (TPSA) is 26.0 Å². The molecule has 0 aliphatic heterocycles. The summed E-state index contributed by atoms with van der Waals surface area (Å²) in [4.78, 5) is 0. The maximum Gasteiger partial charge on any atom is 0.0306 e. The van der Waals surface area contributed by atoms with Crippen LogP contribution in [-0.4, -0.2) is 0 Å². The Labute approximate surface area is 61.9 Å². The predicted octanol–water partition coefficient (Wildman–Crippen LogP) is 2.13. The normalized spacial score (nSPS) is 18.8. The highest BCUT2D eigenvalue weighted by Gasteiger charge is 1.96. The Morgan fingerprint density at radius 3 is 2.70 bits per heavy atom. The maximum absolute atomic E-state index is 5.70. The molecule has 0 radical (unpaired) electrons. The average molecular weight is 135 g/mol. The lowest BCUT2D eigenvalue weighted by atomic mass is 10.2. The monoisotopic (exact) mass is 135 g/mol. The first-order chi connectivity index (χ1) is 4.70. The van der Waals surface area contributed by atoms with Gasteiger partial charge >= 0.3 is 0 Å². The van der Waals surface area contributed by atoms with E-state index in [9.17, 15) is 0 Å². The second-order valence-electron chi connectivity index (χ2n) is 2.67. The van der Waals surface area contributed by atoms with E-state index >= 15 is 0 Å². The summed E-state index contributed by atoms with van der Waals surface area (Å²) in [6.07, 6.45) is 7.29. The standard InChI is InChI=1S/C9H13N/c1-7-4-3-5-9(10)8(2)6-7/h4-6H,3,10H2,1-2H3. The second kappa shape index (κ2) is 2.74. The number of hydrogen-bond acceptors (Lipinski definition) is 1. The Bertz CT molecular complexity index is 219. The van der Waals surface area contributed by atoms with Gasteiger partial charge in [0.05, 0.1) is 0 Å². The molecule has 1 rings (SSSR count). The van der Waals surface area contributed by atoms with Crippen LogP contribution in [0.5, 0.6) is 0 Å². The van der Waals surface area contributed by atoms with Crippen molar-refractivity contribution < 1.29 is 0 Å². The van der Waals surface area contributed by atoms with Crippen molar-refractivity contribution in [2.75, 3.05) is 0 Å². The quantitative estimate of drug-likeness (QED) is 0.541. The lowest BCUT2D eigenvalue weighted by molar-refractivity contribution is 1.25. The summed E-state index contributed by atoms with van der Waals surface area (Å²) in [5.41, 5.74) is 9.08. The SMILES string of the molecule is CC1=CCC=C(N)C(C)=C1. The highest BCUT2D eigenvalue weighted by atomic mass is 14.6. The molecule has 1 heteroatoms. The first kappa shape index (κ1) is 7.13. The minimum absolute atomic E-state index is 0.910. The fraction of sp³-hybridized carbons (Fsp3) is 0.333. The summed E-state index contributed by atoms with van der Waals surface area (Å²) in [5.74, 6) is 0. The molecule has 10 heavy (non-hydrogen) atoms. The van der Waals surface area contributed by atoms with Crippen molar-refractivity contribution in [3.63, 3.8) is 0 Å². The smallest absolute Gasteiger partial charge is 0.0306 e. The van der Waals surface area contributed by atoms with Crippen molar-refractivity contribution >= 4 is 0 Å². The maximum atomic E-state index is 5.70. The van der Waals surface area contributed by atoms with Gasteiger partial charge in [0.1, 0.15) is 0 Å². The Hall–Kier alpha value is -0.980. The molecule has 1 nitrogen and oxygen atoms in total. The van der Waals surface area contributed by atoms with E-state index < -0.39 is 0 Å². The Morgan fingerprint density at radius 2 is 2.00 bits per heavy atom. The number of rotatable bonds is 0. The molecule has 0 unspecified atom stereocenters. The fourth-order valence-electron chi connectivity index (χ4n) is 1.02. The molecule has 0 bridgehead atoms. The largest absolute Gasteiger partial charge is 0.399 e. The molecule has 0 spiro atoms. The Kier molecular flexibility index (Phi) is 1.95. The third-order valence-electron chi connectivity index (χ3n) is 1.68. The zero-order valence-electron chi connectivity index (χ0n) is 6.52. The van der Waals surface area contributed by atoms with Crippen LogP contribution in [0.1, 0.15) is 20.3 Å². The number of nitrogens with two attached hydrogens (primary N) is 1. The second-order valence-corrected chi connectivity index (χ2v) is 2.67. The summed E-state index contributed by atoms with van der Waals surface area (Å²) >= 11 is 0. The van der Waals surface area contributed by atoms with Crippen LogP contribution in [0.4, 0.5) is 0 Å². The zero-order chi connectivity index (χ0) is 7.56. The van der Waals surface area contributed by atoms with Gasteiger partial charge in [-0.2, -0.15) is 0 Å². The van der Waals surface area contributed by atoms with Crippen molar-refractivity contribution in [1.82, 2.24) is 0 Å². The molecule has 54 valence electrons. The summed E-state index contributed by atoms with van der Waals surface area (Å²) < 4.78 is 0. The summed E-state index contributed by atoms with van der Waals surface area (Å²) in [5, 5.41) is 0. The third kappa shape index (κ3) is 1.50. The molecule has 0 saturated carbocycles. The summed E-state index contributed by atoms with van der Waals surface area (Å²) in [6, 6.07) is 0. The molecule has 1 aliphatic rings. The molecule has 0 aromatic heterocycles. The molecular formula is C9H13N. The molecule has 0 amide bonds. The minimum atomic E-state index is 0.910. The van der Waals surface area contributed by atoms with Gasteiger partial charge in [-0.1, -0.05) is 23.8 Å². The minimum Gasteiger partial charge on any atom is -0.399 e. The lowest BCUT2D eigenvalue weighted by Crippen LogP contribution is -1.97. The molecule has 0 aromatic carbocycles. The van der Waals surface area contributed by atoms with Crippen LogP contribution in [0.25, 0.3) is 0 Å². The molecular weight excluding hydrogens is 122 g/mol. The van der Waals surface area contributed by atoms with E-state index in [4.69, 9.17) is 5.73 Å². The van der Waals surface area contributed by atoms with Gasteiger partial charge in [-0.3, -0.25) is 0 Å². The molecule has 2 N–H and O–H groups in total. The van der Waals surface area contributed by atoms with Crippen molar-refractivity contribution in [3.05, 3.63) is 35.1 Å². The molecule has 0 aromatic rings. The van der Waals surface area contributed by atoms with Gasteiger partial charge in [0.15, 0.2) is 0 Å². The van der Waals surface area contributed by atoms with Crippen LogP contribution in [-0.2, 0) is 0 Å². The number of hydrogen-bond donors (Lipinski definition) is 1. The van der Waals surface area contributed by atoms with Crippen molar-refractivity contribution in [2.45, 2.75) is 20.3 Å². The summed E-state index contributed by atoms with van der Waals surface area (Å²) in [6.45, 7) is 4.13. The Morgan fingerprint density at radius 1 is 1.30 bits per heavy atom. The van der Waals surface area contributed by atoms with E-state index in [2.05, 4.69) is 19.1 Å². The molecule has 0 fully saturated rings. The summed E-state index contributed by atoms with van der Waals surface area (Å²) in [7, 11) is 0.